The molecule has 2 rings (SSSR count). The van der Waals surface area contributed by atoms with Gasteiger partial charge in [-0.15, -0.1) is 0 Å². The zero-order valence-electron chi connectivity index (χ0n) is 15.8. The molecule has 2 N–H and O–H groups in total. The quantitative estimate of drug-likeness (QED) is 0.340. The molecule has 0 spiro atoms. The van der Waals surface area contributed by atoms with Crippen LogP contribution in [0.15, 0.2) is 40.2 Å². The number of carbonyl (C=O) groups excluding carboxylic acids is 1. The Morgan fingerprint density at radius 3 is 2.59 bits per heavy atom. The molecule has 1 heterocycles. The summed E-state index contributed by atoms with van der Waals surface area (Å²) < 4.78 is 8.16. The predicted octanol–water partition coefficient (Wildman–Crippen LogP) is 2.10. The smallest absolute Gasteiger partial charge is 0.311 e. The molecule has 144 valence electrons. The number of hydrazone groups is 1. The van der Waals surface area contributed by atoms with Crippen molar-refractivity contribution in [3.05, 3.63) is 46.4 Å². The minimum absolute atomic E-state index is 0.0641. The number of ether oxygens (including phenoxy) is 1. The topological polar surface area (TPSA) is 89.7 Å². The molecule has 9 heteroatoms. The van der Waals surface area contributed by atoms with Gasteiger partial charge in [-0.05, 0) is 45.1 Å². The van der Waals surface area contributed by atoms with E-state index in [1.165, 1.54) is 0 Å². The van der Waals surface area contributed by atoms with Crippen LogP contribution in [0.1, 0.15) is 26.0 Å². The normalized spacial score (nSPS) is 11.2. The summed E-state index contributed by atoms with van der Waals surface area (Å²) in [4.78, 5) is 24.2. The molecule has 0 bridgehead atoms. The third-order valence-corrected chi connectivity index (χ3v) is 4.04. The SMILES string of the molecule is CCOC(=O)C/C(C)=N/NC(=S)Nc1c(C)n(C)n(-c2ccccc2)c1=O. The number of rotatable bonds is 6. The first-order chi connectivity index (χ1) is 12.8. The number of anilines is 1. The summed E-state index contributed by atoms with van der Waals surface area (Å²) in [6.07, 6.45) is 0.0641. The molecule has 1 aromatic carbocycles. The second-order valence-electron chi connectivity index (χ2n) is 5.83. The summed E-state index contributed by atoms with van der Waals surface area (Å²) in [5, 5.41) is 7.08. The third kappa shape index (κ3) is 5.04. The maximum Gasteiger partial charge on any atom is 0.311 e. The number of nitrogens with zero attached hydrogens (tertiary/aromatic N) is 3. The largest absolute Gasteiger partial charge is 0.466 e. The molecule has 0 atom stereocenters. The molecule has 1 aromatic heterocycles. The van der Waals surface area contributed by atoms with E-state index in [9.17, 15) is 9.59 Å². The first-order valence-electron chi connectivity index (χ1n) is 8.45. The molecule has 0 amide bonds. The number of hydrogen-bond acceptors (Lipinski definition) is 5. The molecule has 0 aliphatic heterocycles. The Morgan fingerprint density at radius 1 is 1.30 bits per heavy atom. The highest BCUT2D eigenvalue weighted by atomic mass is 32.1. The van der Waals surface area contributed by atoms with Crippen LogP contribution in [-0.2, 0) is 16.6 Å². The van der Waals surface area contributed by atoms with E-state index in [0.717, 1.165) is 11.4 Å². The van der Waals surface area contributed by atoms with Gasteiger partial charge >= 0.3 is 5.97 Å². The number of carbonyl (C=O) groups is 1. The number of nitrogens with one attached hydrogen (secondary N) is 2. The van der Waals surface area contributed by atoms with Gasteiger partial charge in [0.25, 0.3) is 5.56 Å². The van der Waals surface area contributed by atoms with Gasteiger partial charge < -0.3 is 10.1 Å². The van der Waals surface area contributed by atoms with Gasteiger partial charge in [-0.25, -0.2) is 4.68 Å². The van der Waals surface area contributed by atoms with Crippen molar-refractivity contribution in [1.29, 1.82) is 0 Å². The number of thiocarbonyl (C=S) groups is 1. The number of esters is 1. The lowest BCUT2D eigenvalue weighted by molar-refractivity contribution is -0.141. The number of aromatic nitrogens is 2. The number of benzene rings is 1. The Kier molecular flexibility index (Phi) is 6.89. The van der Waals surface area contributed by atoms with Crippen LogP contribution in [0, 0.1) is 6.92 Å². The average molecular weight is 389 g/mol. The van der Waals surface area contributed by atoms with Crippen LogP contribution >= 0.6 is 12.2 Å². The van der Waals surface area contributed by atoms with Crippen LogP contribution in [0.2, 0.25) is 0 Å². The average Bonchev–Trinajstić information content (AvgIpc) is 2.84. The second kappa shape index (κ2) is 9.13. The molecule has 0 saturated heterocycles. The summed E-state index contributed by atoms with van der Waals surface area (Å²) in [6.45, 7) is 5.57. The second-order valence-corrected chi connectivity index (χ2v) is 6.24. The van der Waals surface area contributed by atoms with Crippen molar-refractivity contribution in [1.82, 2.24) is 14.8 Å². The lowest BCUT2D eigenvalue weighted by Gasteiger charge is -2.07. The van der Waals surface area contributed by atoms with Gasteiger partial charge in [0.05, 0.1) is 24.4 Å². The van der Waals surface area contributed by atoms with Gasteiger partial charge in [0, 0.05) is 12.8 Å². The van der Waals surface area contributed by atoms with Gasteiger partial charge in [0.2, 0.25) is 0 Å². The highest BCUT2D eigenvalue weighted by Gasteiger charge is 2.16. The standard InChI is InChI=1S/C18H23N5O3S/c1-5-26-15(24)11-12(2)20-21-18(27)19-16-13(3)22(4)23(17(16)25)14-9-7-6-8-10-14/h6-10H,5,11H2,1-4H3,(H2,19,21,27)/b20-12+. The number of hydrogen-bond donors (Lipinski definition) is 2. The van der Waals surface area contributed by atoms with Gasteiger partial charge in [-0.1, -0.05) is 18.2 Å². The molecule has 0 saturated carbocycles. The molecule has 8 nitrogen and oxygen atoms in total. The zero-order valence-corrected chi connectivity index (χ0v) is 16.6. The van der Waals surface area contributed by atoms with Gasteiger partial charge in [0.15, 0.2) is 5.11 Å². The van der Waals surface area contributed by atoms with Crippen molar-refractivity contribution in [3.63, 3.8) is 0 Å². The van der Waals surface area contributed by atoms with E-state index in [1.54, 1.807) is 30.3 Å². The first kappa shape index (κ1) is 20.4. The van der Waals surface area contributed by atoms with Crippen LogP contribution in [-0.4, -0.2) is 32.8 Å². The fraction of sp³-hybridized carbons (Fsp3) is 0.333. The summed E-state index contributed by atoms with van der Waals surface area (Å²) in [5.41, 5.74) is 4.77. The van der Waals surface area contributed by atoms with Crippen molar-refractivity contribution in [2.75, 3.05) is 11.9 Å². The third-order valence-electron chi connectivity index (χ3n) is 3.85. The maximum absolute atomic E-state index is 12.8. The molecule has 0 unspecified atom stereocenters. The Hall–Kier alpha value is -2.94. The van der Waals surface area contributed by atoms with Crippen molar-refractivity contribution >= 4 is 34.7 Å². The van der Waals surface area contributed by atoms with Crippen molar-refractivity contribution in [2.45, 2.75) is 27.2 Å². The summed E-state index contributed by atoms with van der Waals surface area (Å²) in [6, 6.07) is 9.32. The molecular weight excluding hydrogens is 366 g/mol. The van der Waals surface area contributed by atoms with Gasteiger partial charge in [-0.3, -0.25) is 19.7 Å². The molecule has 0 aliphatic rings. The molecule has 27 heavy (non-hydrogen) atoms. The van der Waals surface area contributed by atoms with Crippen molar-refractivity contribution in [2.24, 2.45) is 12.1 Å². The van der Waals surface area contributed by atoms with Crippen LogP contribution in [0.4, 0.5) is 5.69 Å². The van der Waals surface area contributed by atoms with Crippen LogP contribution in [0.25, 0.3) is 5.69 Å². The van der Waals surface area contributed by atoms with Crippen molar-refractivity contribution < 1.29 is 9.53 Å². The van der Waals surface area contributed by atoms with Gasteiger partial charge in [0.1, 0.15) is 5.69 Å². The fourth-order valence-electron chi connectivity index (χ4n) is 2.46. The Morgan fingerprint density at radius 2 is 1.96 bits per heavy atom. The van der Waals surface area contributed by atoms with E-state index in [-0.39, 0.29) is 23.1 Å². The predicted molar refractivity (Wildman–Crippen MR) is 109 cm³/mol. The van der Waals surface area contributed by atoms with E-state index >= 15 is 0 Å². The van der Waals surface area contributed by atoms with Crippen LogP contribution < -0.4 is 16.3 Å². The van der Waals surface area contributed by atoms with E-state index < -0.39 is 0 Å². The molecule has 0 fully saturated rings. The van der Waals surface area contributed by atoms with Crippen molar-refractivity contribution in [3.8, 4) is 5.69 Å². The fourth-order valence-corrected chi connectivity index (χ4v) is 2.61. The minimum Gasteiger partial charge on any atom is -0.466 e. The highest BCUT2D eigenvalue weighted by molar-refractivity contribution is 7.80. The summed E-state index contributed by atoms with van der Waals surface area (Å²) in [5.74, 6) is -0.357. The Bertz CT molecular complexity index is 915. The van der Waals surface area contributed by atoms with Crippen LogP contribution in [0.3, 0.4) is 0 Å². The van der Waals surface area contributed by atoms with E-state index in [2.05, 4.69) is 15.8 Å². The lowest BCUT2D eigenvalue weighted by atomic mass is 10.3. The monoisotopic (exact) mass is 389 g/mol. The van der Waals surface area contributed by atoms with E-state index in [0.29, 0.717) is 18.0 Å². The number of para-hydroxylation sites is 1. The first-order valence-corrected chi connectivity index (χ1v) is 8.85. The molecular formula is C18H23N5O3S. The molecule has 0 aliphatic carbocycles. The van der Waals surface area contributed by atoms with Crippen LogP contribution in [0.5, 0.6) is 0 Å². The molecule has 0 radical (unpaired) electrons. The van der Waals surface area contributed by atoms with E-state index in [1.807, 2.05) is 37.3 Å². The Balaban J connectivity index is 2.13. The van der Waals surface area contributed by atoms with E-state index in [4.69, 9.17) is 17.0 Å². The maximum atomic E-state index is 12.8. The zero-order chi connectivity index (χ0) is 20.0. The minimum atomic E-state index is -0.357. The van der Waals surface area contributed by atoms with Gasteiger partial charge in [-0.2, -0.15) is 5.10 Å². The Labute approximate surface area is 162 Å². The highest BCUT2D eigenvalue weighted by Crippen LogP contribution is 2.13. The summed E-state index contributed by atoms with van der Waals surface area (Å²) in [7, 11) is 1.80. The molecule has 2 aromatic rings. The summed E-state index contributed by atoms with van der Waals surface area (Å²) >= 11 is 5.20. The lowest BCUT2D eigenvalue weighted by Crippen LogP contribution is -2.28.